The summed E-state index contributed by atoms with van der Waals surface area (Å²) in [7, 11) is 0. The molecule has 2 atom stereocenters. The van der Waals surface area contributed by atoms with Crippen molar-refractivity contribution in [2.45, 2.75) is 70.6 Å². The number of nitrogens with one attached hydrogen (secondary N) is 1. The largest absolute Gasteiger partial charge is 0.370 e. The fraction of sp³-hybridized carbons (Fsp3) is 0.929. The molecule has 1 aliphatic rings. The topological polar surface area (TPSA) is 88.4 Å². The van der Waals surface area contributed by atoms with Gasteiger partial charge in [-0.05, 0) is 19.3 Å². The Labute approximate surface area is 117 Å². The Kier molecular flexibility index (Phi) is 7.82. The van der Waals surface area contributed by atoms with E-state index in [1.165, 1.54) is 32.1 Å². The lowest BCUT2D eigenvalue weighted by molar-refractivity contribution is -0.0603. The Morgan fingerprint density at radius 2 is 1.95 bits per heavy atom. The summed E-state index contributed by atoms with van der Waals surface area (Å²) in [4.78, 5) is 1.78. The SMILES string of the molecule is CCCCCCCCO[C@H]1[C@@H](N)CCCN1C(=N)N. The molecule has 1 aliphatic heterocycles. The van der Waals surface area contributed by atoms with Crippen LogP contribution in [0.25, 0.3) is 0 Å². The molecule has 0 aromatic rings. The Morgan fingerprint density at radius 3 is 2.63 bits per heavy atom. The van der Waals surface area contributed by atoms with Gasteiger partial charge in [0.2, 0.25) is 0 Å². The fourth-order valence-electron chi connectivity index (χ4n) is 2.56. The number of hydrogen-bond acceptors (Lipinski definition) is 3. The summed E-state index contributed by atoms with van der Waals surface area (Å²) in [6.07, 6.45) is 9.21. The van der Waals surface area contributed by atoms with E-state index in [4.69, 9.17) is 21.6 Å². The third-order valence-electron chi connectivity index (χ3n) is 3.71. The molecule has 0 amide bonds. The maximum atomic E-state index is 7.57. The first-order valence-corrected chi connectivity index (χ1v) is 7.64. The number of nitrogens with zero attached hydrogens (tertiary/aromatic N) is 1. The van der Waals surface area contributed by atoms with Gasteiger partial charge in [-0.2, -0.15) is 0 Å². The zero-order valence-corrected chi connectivity index (χ0v) is 12.2. The smallest absolute Gasteiger partial charge is 0.190 e. The highest BCUT2D eigenvalue weighted by Gasteiger charge is 2.30. The van der Waals surface area contributed by atoms with E-state index in [1.807, 2.05) is 0 Å². The number of nitrogens with two attached hydrogens (primary N) is 2. The molecule has 5 heteroatoms. The monoisotopic (exact) mass is 270 g/mol. The summed E-state index contributed by atoms with van der Waals surface area (Å²) in [5, 5.41) is 7.57. The zero-order valence-electron chi connectivity index (χ0n) is 12.2. The number of guanidine groups is 1. The number of piperidine rings is 1. The average Bonchev–Trinajstić information content (AvgIpc) is 2.39. The van der Waals surface area contributed by atoms with Gasteiger partial charge in [0.25, 0.3) is 0 Å². The van der Waals surface area contributed by atoms with E-state index in [0.29, 0.717) is 6.61 Å². The third kappa shape index (κ3) is 5.78. The molecule has 5 nitrogen and oxygen atoms in total. The van der Waals surface area contributed by atoms with Gasteiger partial charge in [0.15, 0.2) is 5.96 Å². The molecular weight excluding hydrogens is 240 g/mol. The van der Waals surface area contributed by atoms with Crippen LogP contribution in [0, 0.1) is 5.41 Å². The minimum Gasteiger partial charge on any atom is -0.370 e. The molecule has 0 spiro atoms. The maximum Gasteiger partial charge on any atom is 0.190 e. The lowest BCUT2D eigenvalue weighted by atomic mass is 10.0. The van der Waals surface area contributed by atoms with Crippen LogP contribution in [-0.2, 0) is 4.74 Å². The van der Waals surface area contributed by atoms with Gasteiger partial charge in [-0.15, -0.1) is 0 Å². The van der Waals surface area contributed by atoms with Crippen molar-refractivity contribution < 1.29 is 4.74 Å². The molecule has 19 heavy (non-hydrogen) atoms. The molecule has 5 N–H and O–H groups in total. The van der Waals surface area contributed by atoms with Crippen LogP contribution in [0.4, 0.5) is 0 Å². The summed E-state index contributed by atoms with van der Waals surface area (Å²) in [5.41, 5.74) is 11.6. The maximum absolute atomic E-state index is 7.57. The second-order valence-corrected chi connectivity index (χ2v) is 5.41. The van der Waals surface area contributed by atoms with E-state index in [2.05, 4.69) is 6.92 Å². The standard InChI is InChI=1S/C14H30N4O/c1-2-3-4-5-6-7-11-19-13-12(15)9-8-10-18(13)14(16)17/h12-13H,2-11,15H2,1H3,(H3,16,17)/t12-,13-/m0/s1. The van der Waals surface area contributed by atoms with Crippen LogP contribution in [0.2, 0.25) is 0 Å². The van der Waals surface area contributed by atoms with Gasteiger partial charge in [-0.3, -0.25) is 5.41 Å². The van der Waals surface area contributed by atoms with Gasteiger partial charge in [0.05, 0.1) is 0 Å². The number of likely N-dealkylation sites (tertiary alicyclic amines) is 1. The first-order chi connectivity index (χ1) is 9.16. The van der Waals surface area contributed by atoms with E-state index < -0.39 is 0 Å². The van der Waals surface area contributed by atoms with Gasteiger partial charge in [0.1, 0.15) is 6.23 Å². The van der Waals surface area contributed by atoms with Crippen LogP contribution in [0.1, 0.15) is 58.3 Å². The van der Waals surface area contributed by atoms with Gasteiger partial charge in [-0.1, -0.05) is 39.0 Å². The molecule has 112 valence electrons. The summed E-state index contributed by atoms with van der Waals surface area (Å²) >= 11 is 0. The van der Waals surface area contributed by atoms with Gasteiger partial charge < -0.3 is 21.1 Å². The van der Waals surface area contributed by atoms with Crippen LogP contribution in [-0.4, -0.2) is 36.3 Å². The van der Waals surface area contributed by atoms with Crippen molar-refractivity contribution in [3.8, 4) is 0 Å². The molecule has 0 aromatic carbocycles. The second kappa shape index (κ2) is 9.15. The highest BCUT2D eigenvalue weighted by Crippen LogP contribution is 2.17. The average molecular weight is 270 g/mol. The van der Waals surface area contributed by atoms with E-state index in [1.54, 1.807) is 4.90 Å². The molecule has 0 bridgehead atoms. The van der Waals surface area contributed by atoms with Crippen molar-refractivity contribution in [1.82, 2.24) is 4.90 Å². The zero-order chi connectivity index (χ0) is 14.1. The lowest BCUT2D eigenvalue weighted by Crippen LogP contribution is -2.57. The molecule has 1 rings (SSSR count). The van der Waals surface area contributed by atoms with Crippen molar-refractivity contribution in [2.75, 3.05) is 13.2 Å². The summed E-state index contributed by atoms with van der Waals surface area (Å²) < 4.78 is 5.86. The number of ether oxygens (including phenoxy) is 1. The number of rotatable bonds is 8. The van der Waals surface area contributed by atoms with Crippen LogP contribution in [0.5, 0.6) is 0 Å². The minimum atomic E-state index is -0.207. The van der Waals surface area contributed by atoms with E-state index in [0.717, 1.165) is 25.8 Å². The number of hydrogen-bond donors (Lipinski definition) is 3. The summed E-state index contributed by atoms with van der Waals surface area (Å²) in [6.45, 7) is 3.72. The van der Waals surface area contributed by atoms with E-state index in [9.17, 15) is 0 Å². The van der Waals surface area contributed by atoms with Crippen LogP contribution >= 0.6 is 0 Å². The molecule has 1 saturated heterocycles. The van der Waals surface area contributed by atoms with Crippen LogP contribution in [0.15, 0.2) is 0 Å². The lowest BCUT2D eigenvalue weighted by Gasteiger charge is -2.39. The van der Waals surface area contributed by atoms with Gasteiger partial charge in [-0.25, -0.2) is 0 Å². The van der Waals surface area contributed by atoms with Crippen molar-refractivity contribution in [1.29, 1.82) is 5.41 Å². The Morgan fingerprint density at radius 1 is 1.26 bits per heavy atom. The molecule has 0 aliphatic carbocycles. The Balaban J connectivity index is 2.19. The predicted molar refractivity (Wildman–Crippen MR) is 78.9 cm³/mol. The van der Waals surface area contributed by atoms with Crippen LogP contribution in [0.3, 0.4) is 0 Å². The molecule has 1 fully saturated rings. The highest BCUT2D eigenvalue weighted by atomic mass is 16.5. The van der Waals surface area contributed by atoms with Crippen molar-refractivity contribution >= 4 is 5.96 Å². The molecule has 0 unspecified atom stereocenters. The molecule has 0 saturated carbocycles. The Hall–Kier alpha value is -0.810. The molecule has 0 radical (unpaired) electrons. The first-order valence-electron chi connectivity index (χ1n) is 7.64. The van der Waals surface area contributed by atoms with E-state index in [-0.39, 0.29) is 18.2 Å². The van der Waals surface area contributed by atoms with Crippen molar-refractivity contribution in [3.63, 3.8) is 0 Å². The quantitative estimate of drug-likeness (QED) is 0.357. The number of unbranched alkanes of at least 4 members (excludes halogenated alkanes) is 5. The first kappa shape index (κ1) is 16.2. The fourth-order valence-corrected chi connectivity index (χ4v) is 2.56. The second-order valence-electron chi connectivity index (χ2n) is 5.41. The molecule has 1 heterocycles. The highest BCUT2D eigenvalue weighted by molar-refractivity contribution is 5.75. The third-order valence-corrected chi connectivity index (χ3v) is 3.71. The summed E-state index contributed by atoms with van der Waals surface area (Å²) in [6, 6.07) is -0.0299. The minimum absolute atomic E-state index is 0.0299. The molecule has 0 aromatic heterocycles. The molecular formula is C14H30N4O. The van der Waals surface area contributed by atoms with Gasteiger partial charge in [0, 0.05) is 19.2 Å². The predicted octanol–water partition coefficient (Wildman–Crippen LogP) is 2.01. The Bertz CT molecular complexity index is 260. The van der Waals surface area contributed by atoms with E-state index >= 15 is 0 Å². The normalized spacial score (nSPS) is 23.6. The van der Waals surface area contributed by atoms with Crippen molar-refractivity contribution in [2.24, 2.45) is 11.5 Å². The van der Waals surface area contributed by atoms with Crippen LogP contribution < -0.4 is 11.5 Å². The van der Waals surface area contributed by atoms with Gasteiger partial charge >= 0.3 is 0 Å². The summed E-state index contributed by atoms with van der Waals surface area (Å²) in [5.74, 6) is 0.0723. The van der Waals surface area contributed by atoms with Crippen molar-refractivity contribution in [3.05, 3.63) is 0 Å².